The van der Waals surface area contributed by atoms with Crippen LogP contribution >= 0.6 is 0 Å². The van der Waals surface area contributed by atoms with Crippen LogP contribution in [0.3, 0.4) is 0 Å². The molecule has 1 amide bonds. The van der Waals surface area contributed by atoms with E-state index in [4.69, 9.17) is 5.26 Å². The number of likely N-dealkylation sites (N-methyl/N-ethyl adjacent to an activating group) is 1. The summed E-state index contributed by atoms with van der Waals surface area (Å²) < 4.78 is 0. The Morgan fingerprint density at radius 3 is 3.15 bits per heavy atom. The van der Waals surface area contributed by atoms with Crippen molar-refractivity contribution in [1.29, 1.82) is 5.26 Å². The number of carbonyl (C=O) groups is 1. The highest BCUT2D eigenvalue weighted by Gasteiger charge is 2.49. The average Bonchev–Trinajstić information content (AvgIpc) is 2.59. The molecule has 2 heterocycles. The van der Waals surface area contributed by atoms with E-state index in [-0.39, 0.29) is 11.9 Å². The molecule has 0 aromatic carbocycles. The van der Waals surface area contributed by atoms with Crippen LogP contribution in [0.1, 0.15) is 6.42 Å². The number of nitrogens with one attached hydrogen (secondary N) is 1. The Bertz CT molecular complexity index is 319. The Morgan fingerprint density at radius 1 is 1.92 bits per heavy atom. The number of likely N-dealkylation sites (tertiary alicyclic amines) is 1. The van der Waals surface area contributed by atoms with E-state index in [0.717, 1.165) is 0 Å². The van der Waals surface area contributed by atoms with Gasteiger partial charge in [-0.05, 0) is 7.05 Å². The lowest BCUT2D eigenvalue weighted by molar-refractivity contribution is -0.123. The van der Waals surface area contributed by atoms with Gasteiger partial charge in [-0.2, -0.15) is 5.26 Å². The van der Waals surface area contributed by atoms with Gasteiger partial charge in [0.15, 0.2) is 5.54 Å². The number of amides is 1. The Balaban J connectivity index is 2.25. The van der Waals surface area contributed by atoms with Gasteiger partial charge in [0.05, 0.1) is 12.4 Å². The van der Waals surface area contributed by atoms with Gasteiger partial charge in [0.1, 0.15) is 6.04 Å². The standard InChI is InChI=1S/C8H10N4O/c1-12-4-8(2-6(12)3-9)7(13)10-5-11-8/h5-6H,2,4H2,1H3,(H,10,11,13). The Morgan fingerprint density at radius 2 is 2.69 bits per heavy atom. The highest BCUT2D eigenvalue weighted by atomic mass is 16.2. The summed E-state index contributed by atoms with van der Waals surface area (Å²) in [6.07, 6.45) is 1.93. The second kappa shape index (κ2) is 2.54. The van der Waals surface area contributed by atoms with Crippen LogP contribution in [0.15, 0.2) is 4.99 Å². The number of nitrogens with zero attached hydrogens (tertiary/aromatic N) is 3. The smallest absolute Gasteiger partial charge is 0.254 e. The monoisotopic (exact) mass is 178 g/mol. The summed E-state index contributed by atoms with van der Waals surface area (Å²) in [7, 11) is 1.84. The molecule has 2 rings (SSSR count). The van der Waals surface area contributed by atoms with Gasteiger partial charge in [0.2, 0.25) is 0 Å². The zero-order valence-electron chi connectivity index (χ0n) is 7.32. The van der Waals surface area contributed by atoms with Gasteiger partial charge in [-0.15, -0.1) is 0 Å². The van der Waals surface area contributed by atoms with Crippen molar-refractivity contribution in [3.05, 3.63) is 0 Å². The first kappa shape index (κ1) is 8.20. The SMILES string of the molecule is CN1CC2(CC1C#N)N=CNC2=O. The first-order valence-electron chi connectivity index (χ1n) is 4.12. The molecule has 0 radical (unpaired) electrons. The molecule has 5 nitrogen and oxygen atoms in total. The third-order valence-electron chi connectivity index (χ3n) is 2.65. The van der Waals surface area contributed by atoms with Crippen LogP contribution in [0.4, 0.5) is 0 Å². The van der Waals surface area contributed by atoms with E-state index in [0.29, 0.717) is 13.0 Å². The summed E-state index contributed by atoms with van der Waals surface area (Å²) in [5.41, 5.74) is -0.685. The van der Waals surface area contributed by atoms with Gasteiger partial charge in [-0.1, -0.05) is 0 Å². The molecule has 2 unspecified atom stereocenters. The molecule has 5 heteroatoms. The minimum atomic E-state index is -0.685. The molecular formula is C8H10N4O. The molecule has 2 aliphatic heterocycles. The number of rotatable bonds is 0. The van der Waals surface area contributed by atoms with Gasteiger partial charge in [0, 0.05) is 13.0 Å². The molecule has 0 aromatic heterocycles. The molecule has 2 aliphatic rings. The minimum absolute atomic E-state index is 0.0860. The predicted molar refractivity (Wildman–Crippen MR) is 46.0 cm³/mol. The molecule has 1 saturated heterocycles. The molecule has 0 aromatic rings. The molecule has 0 saturated carbocycles. The maximum atomic E-state index is 11.4. The van der Waals surface area contributed by atoms with Crippen molar-refractivity contribution in [3.63, 3.8) is 0 Å². The molecule has 68 valence electrons. The molecular weight excluding hydrogens is 168 g/mol. The number of aliphatic imine (C=N–C) groups is 1. The van der Waals surface area contributed by atoms with Crippen LogP contribution < -0.4 is 5.32 Å². The predicted octanol–water partition coefficient (Wildman–Crippen LogP) is -0.889. The van der Waals surface area contributed by atoms with E-state index in [9.17, 15) is 4.79 Å². The minimum Gasteiger partial charge on any atom is -0.315 e. The van der Waals surface area contributed by atoms with Crippen molar-refractivity contribution in [2.24, 2.45) is 4.99 Å². The summed E-state index contributed by atoms with van der Waals surface area (Å²) >= 11 is 0. The quantitative estimate of drug-likeness (QED) is 0.523. The summed E-state index contributed by atoms with van der Waals surface area (Å²) in [6, 6.07) is 1.96. The number of hydrogen-bond acceptors (Lipinski definition) is 4. The third kappa shape index (κ3) is 1.03. The highest BCUT2D eigenvalue weighted by molar-refractivity contribution is 6.00. The second-order valence-electron chi connectivity index (χ2n) is 3.53. The van der Waals surface area contributed by atoms with Crippen molar-refractivity contribution in [3.8, 4) is 6.07 Å². The van der Waals surface area contributed by atoms with Gasteiger partial charge >= 0.3 is 0 Å². The summed E-state index contributed by atoms with van der Waals surface area (Å²) in [5, 5.41) is 11.3. The van der Waals surface area contributed by atoms with Gasteiger partial charge in [-0.3, -0.25) is 14.7 Å². The first-order valence-corrected chi connectivity index (χ1v) is 4.12. The fraction of sp³-hybridized carbons (Fsp3) is 0.625. The van der Waals surface area contributed by atoms with Crippen LogP contribution in [0.5, 0.6) is 0 Å². The number of hydrogen-bond donors (Lipinski definition) is 1. The normalized spacial score (nSPS) is 38.2. The van der Waals surface area contributed by atoms with Gasteiger partial charge in [0.25, 0.3) is 5.91 Å². The van der Waals surface area contributed by atoms with Crippen molar-refractivity contribution in [2.75, 3.05) is 13.6 Å². The van der Waals surface area contributed by atoms with Crippen molar-refractivity contribution in [2.45, 2.75) is 18.0 Å². The van der Waals surface area contributed by atoms with Crippen LogP contribution in [0.2, 0.25) is 0 Å². The molecule has 13 heavy (non-hydrogen) atoms. The Labute approximate surface area is 76.0 Å². The van der Waals surface area contributed by atoms with Crippen LogP contribution in [-0.4, -0.2) is 42.3 Å². The van der Waals surface area contributed by atoms with E-state index in [1.807, 2.05) is 11.9 Å². The lowest BCUT2D eigenvalue weighted by atomic mass is 9.97. The lowest BCUT2D eigenvalue weighted by Gasteiger charge is -2.15. The molecule has 1 spiro atoms. The Hall–Kier alpha value is -1.41. The van der Waals surface area contributed by atoms with E-state index in [1.54, 1.807) is 0 Å². The molecule has 1 N–H and O–H groups in total. The van der Waals surface area contributed by atoms with E-state index in [1.165, 1.54) is 6.34 Å². The van der Waals surface area contributed by atoms with Gasteiger partial charge < -0.3 is 5.32 Å². The largest absolute Gasteiger partial charge is 0.315 e. The maximum absolute atomic E-state index is 11.4. The highest BCUT2D eigenvalue weighted by Crippen LogP contribution is 2.30. The average molecular weight is 178 g/mol. The van der Waals surface area contributed by atoms with Crippen molar-refractivity contribution < 1.29 is 4.79 Å². The zero-order chi connectivity index (χ0) is 9.47. The van der Waals surface area contributed by atoms with E-state index < -0.39 is 5.54 Å². The third-order valence-corrected chi connectivity index (χ3v) is 2.65. The van der Waals surface area contributed by atoms with Crippen LogP contribution in [0.25, 0.3) is 0 Å². The summed E-state index contributed by atoms with van der Waals surface area (Å²) in [6.45, 7) is 0.535. The fourth-order valence-electron chi connectivity index (χ4n) is 1.87. The van der Waals surface area contributed by atoms with Crippen molar-refractivity contribution in [1.82, 2.24) is 10.2 Å². The van der Waals surface area contributed by atoms with Crippen LogP contribution in [0, 0.1) is 11.3 Å². The van der Waals surface area contributed by atoms with Gasteiger partial charge in [-0.25, -0.2) is 0 Å². The topological polar surface area (TPSA) is 68.5 Å². The maximum Gasteiger partial charge on any atom is 0.254 e. The Kier molecular flexibility index (Phi) is 1.60. The molecule has 1 fully saturated rings. The summed E-state index contributed by atoms with van der Waals surface area (Å²) in [4.78, 5) is 17.4. The van der Waals surface area contributed by atoms with E-state index >= 15 is 0 Å². The zero-order valence-corrected chi connectivity index (χ0v) is 7.32. The number of carbonyl (C=O) groups excluding carboxylic acids is 1. The fourth-order valence-corrected chi connectivity index (χ4v) is 1.87. The first-order chi connectivity index (χ1) is 6.18. The van der Waals surface area contributed by atoms with Crippen LogP contribution in [-0.2, 0) is 4.79 Å². The lowest BCUT2D eigenvalue weighted by Crippen LogP contribution is -2.40. The van der Waals surface area contributed by atoms with Crippen molar-refractivity contribution >= 4 is 12.2 Å². The second-order valence-corrected chi connectivity index (χ2v) is 3.53. The summed E-state index contributed by atoms with van der Waals surface area (Å²) in [5.74, 6) is -0.0860. The molecule has 0 aliphatic carbocycles. The molecule has 0 bridgehead atoms. The van der Waals surface area contributed by atoms with E-state index in [2.05, 4.69) is 16.4 Å². The molecule has 2 atom stereocenters. The number of nitriles is 1.